The van der Waals surface area contributed by atoms with Gasteiger partial charge in [0, 0.05) is 38.6 Å². The molecule has 2 aliphatic rings. The van der Waals surface area contributed by atoms with Crippen molar-refractivity contribution in [2.45, 2.75) is 63.8 Å². The maximum absolute atomic E-state index is 12.0. The molecular weight excluding hydrogens is 326 g/mol. The summed E-state index contributed by atoms with van der Waals surface area (Å²) < 4.78 is 0. The highest BCUT2D eigenvalue weighted by Crippen LogP contribution is 2.37. The van der Waals surface area contributed by atoms with Crippen molar-refractivity contribution in [3.63, 3.8) is 0 Å². The zero-order chi connectivity index (χ0) is 19.0. The molecule has 0 aromatic carbocycles. The van der Waals surface area contributed by atoms with Gasteiger partial charge in [0.2, 0.25) is 5.91 Å². The predicted molar refractivity (Wildman–Crippen MR) is 108 cm³/mol. The van der Waals surface area contributed by atoms with Gasteiger partial charge in [0.15, 0.2) is 5.96 Å². The van der Waals surface area contributed by atoms with Gasteiger partial charge in [-0.1, -0.05) is 32.1 Å². The normalized spacial score (nSPS) is 21.0. The number of nitrogens with one attached hydrogen (secondary N) is 2. The summed E-state index contributed by atoms with van der Waals surface area (Å²) >= 11 is 0. The number of hydrogen-bond donors (Lipinski definition) is 2. The number of rotatable bonds is 7. The first-order chi connectivity index (χ1) is 12.4. The molecule has 2 fully saturated rings. The lowest BCUT2D eigenvalue weighted by Gasteiger charge is -2.33. The molecule has 6 heteroatoms. The van der Waals surface area contributed by atoms with Crippen molar-refractivity contribution in [2.75, 3.05) is 47.8 Å². The van der Waals surface area contributed by atoms with Gasteiger partial charge in [0.1, 0.15) is 6.54 Å². The van der Waals surface area contributed by atoms with Crippen LogP contribution in [0.4, 0.5) is 0 Å². The summed E-state index contributed by atoms with van der Waals surface area (Å²) in [4.78, 5) is 20.5. The monoisotopic (exact) mass is 365 g/mol. The van der Waals surface area contributed by atoms with E-state index in [9.17, 15) is 4.79 Å². The number of carbonyl (C=O) groups is 1. The minimum Gasteiger partial charge on any atom is -0.356 e. The molecule has 0 unspecified atom stereocenters. The summed E-state index contributed by atoms with van der Waals surface area (Å²) in [7, 11) is 7.88. The second-order valence-corrected chi connectivity index (χ2v) is 8.73. The van der Waals surface area contributed by atoms with Crippen LogP contribution in [0.15, 0.2) is 4.99 Å². The number of nitrogens with zero attached hydrogens (tertiary/aromatic N) is 3. The zero-order valence-corrected chi connectivity index (χ0v) is 17.3. The molecule has 0 heterocycles. The van der Waals surface area contributed by atoms with Gasteiger partial charge in [-0.2, -0.15) is 0 Å². The highest BCUT2D eigenvalue weighted by Gasteiger charge is 2.34. The van der Waals surface area contributed by atoms with Crippen LogP contribution in [0.25, 0.3) is 0 Å². The summed E-state index contributed by atoms with van der Waals surface area (Å²) in [6.07, 6.45) is 11.5. The van der Waals surface area contributed by atoms with Gasteiger partial charge in [-0.25, -0.2) is 4.99 Å². The molecule has 1 amide bonds. The molecule has 0 aromatic heterocycles. The predicted octanol–water partition coefficient (Wildman–Crippen LogP) is 2.06. The standard InChI is InChI=1S/C20H39N5O/c1-24(2)16-20(12-8-9-13-20)15-22-19(21-14-18(26)25(3)4)23-17-10-6-5-7-11-17/h17H,5-16H2,1-4H3,(H2,21,22,23). The smallest absolute Gasteiger partial charge is 0.243 e. The molecule has 150 valence electrons. The van der Waals surface area contributed by atoms with Crippen molar-refractivity contribution in [3.05, 3.63) is 0 Å². The van der Waals surface area contributed by atoms with Gasteiger partial charge < -0.3 is 20.4 Å². The first kappa shape index (κ1) is 21.0. The second-order valence-electron chi connectivity index (χ2n) is 8.73. The van der Waals surface area contributed by atoms with Crippen LogP contribution in [-0.2, 0) is 4.79 Å². The second kappa shape index (κ2) is 10.1. The average molecular weight is 366 g/mol. The fraction of sp³-hybridized carbons (Fsp3) is 0.900. The molecule has 0 aromatic rings. The van der Waals surface area contributed by atoms with E-state index < -0.39 is 0 Å². The number of carbonyl (C=O) groups excluding carboxylic acids is 1. The highest BCUT2D eigenvalue weighted by molar-refractivity contribution is 5.85. The minimum absolute atomic E-state index is 0.0404. The Bertz CT molecular complexity index is 463. The van der Waals surface area contributed by atoms with Gasteiger partial charge >= 0.3 is 0 Å². The Morgan fingerprint density at radius 3 is 2.27 bits per heavy atom. The van der Waals surface area contributed by atoms with E-state index in [0.29, 0.717) is 11.5 Å². The third kappa shape index (κ3) is 6.78. The number of amides is 1. The van der Waals surface area contributed by atoms with Gasteiger partial charge in [0.05, 0.1) is 0 Å². The highest BCUT2D eigenvalue weighted by atomic mass is 16.2. The Kier molecular flexibility index (Phi) is 8.19. The van der Waals surface area contributed by atoms with Gasteiger partial charge in [-0.3, -0.25) is 4.79 Å². The largest absolute Gasteiger partial charge is 0.356 e. The van der Waals surface area contributed by atoms with Crippen LogP contribution >= 0.6 is 0 Å². The lowest BCUT2D eigenvalue weighted by molar-refractivity contribution is -0.127. The maximum Gasteiger partial charge on any atom is 0.243 e. The summed E-state index contributed by atoms with van der Waals surface area (Å²) in [5, 5.41) is 7.19. The van der Waals surface area contributed by atoms with E-state index in [-0.39, 0.29) is 12.5 Å². The van der Waals surface area contributed by atoms with Crippen molar-refractivity contribution >= 4 is 11.9 Å². The zero-order valence-electron chi connectivity index (χ0n) is 17.3. The Morgan fingerprint density at radius 2 is 1.69 bits per heavy atom. The average Bonchev–Trinajstić information content (AvgIpc) is 3.05. The van der Waals surface area contributed by atoms with E-state index >= 15 is 0 Å². The molecule has 2 N–H and O–H groups in total. The maximum atomic E-state index is 12.0. The molecule has 0 atom stereocenters. The van der Waals surface area contributed by atoms with Crippen LogP contribution in [0.5, 0.6) is 0 Å². The fourth-order valence-corrected chi connectivity index (χ4v) is 4.34. The Morgan fingerprint density at radius 1 is 1.04 bits per heavy atom. The van der Waals surface area contributed by atoms with Gasteiger partial charge in [-0.05, 0) is 39.8 Å². The molecule has 6 nitrogen and oxygen atoms in total. The number of guanidine groups is 1. The first-order valence-corrected chi connectivity index (χ1v) is 10.3. The van der Waals surface area contributed by atoms with E-state index in [1.165, 1.54) is 57.8 Å². The van der Waals surface area contributed by atoms with Crippen LogP contribution in [0.3, 0.4) is 0 Å². The van der Waals surface area contributed by atoms with Crippen LogP contribution in [0.1, 0.15) is 57.8 Å². The Balaban J connectivity index is 1.99. The molecule has 0 spiro atoms. The first-order valence-electron chi connectivity index (χ1n) is 10.3. The van der Waals surface area contributed by atoms with Crippen molar-refractivity contribution in [3.8, 4) is 0 Å². The summed E-state index contributed by atoms with van der Waals surface area (Å²) in [5.41, 5.74) is 0.323. The van der Waals surface area contributed by atoms with Gasteiger partial charge in [0.25, 0.3) is 0 Å². The van der Waals surface area contributed by atoms with E-state index in [1.807, 2.05) is 0 Å². The molecule has 2 saturated carbocycles. The van der Waals surface area contributed by atoms with Crippen molar-refractivity contribution in [1.82, 2.24) is 20.4 Å². The van der Waals surface area contributed by atoms with Crippen LogP contribution in [0.2, 0.25) is 0 Å². The van der Waals surface area contributed by atoms with Crippen LogP contribution in [-0.4, -0.2) is 75.5 Å². The Labute approximate surface area is 159 Å². The molecule has 0 bridgehead atoms. The summed E-state index contributed by atoms with van der Waals surface area (Å²) in [5.74, 6) is 0.857. The fourth-order valence-electron chi connectivity index (χ4n) is 4.34. The lowest BCUT2D eigenvalue weighted by atomic mass is 9.85. The number of hydrogen-bond acceptors (Lipinski definition) is 3. The molecule has 2 aliphatic carbocycles. The number of likely N-dealkylation sites (N-methyl/N-ethyl adjacent to an activating group) is 1. The van der Waals surface area contributed by atoms with Crippen molar-refractivity contribution in [2.24, 2.45) is 10.4 Å². The Hall–Kier alpha value is -1.30. The van der Waals surface area contributed by atoms with Gasteiger partial charge in [-0.15, -0.1) is 0 Å². The summed E-state index contributed by atoms with van der Waals surface area (Å²) in [6.45, 7) is 2.24. The van der Waals surface area contributed by atoms with Crippen LogP contribution < -0.4 is 10.6 Å². The molecule has 2 rings (SSSR count). The molecule has 0 aliphatic heterocycles. The van der Waals surface area contributed by atoms with E-state index in [2.05, 4.69) is 34.6 Å². The van der Waals surface area contributed by atoms with E-state index in [0.717, 1.165) is 19.0 Å². The third-order valence-electron chi connectivity index (χ3n) is 5.76. The molecule has 0 saturated heterocycles. The van der Waals surface area contributed by atoms with E-state index in [1.54, 1.807) is 19.0 Å². The van der Waals surface area contributed by atoms with Crippen molar-refractivity contribution < 1.29 is 4.79 Å². The number of aliphatic imine (C=N–C) groups is 1. The molecule has 26 heavy (non-hydrogen) atoms. The van der Waals surface area contributed by atoms with E-state index in [4.69, 9.17) is 0 Å². The van der Waals surface area contributed by atoms with Crippen molar-refractivity contribution in [1.29, 1.82) is 0 Å². The van der Waals surface area contributed by atoms with Crippen LogP contribution in [0, 0.1) is 5.41 Å². The minimum atomic E-state index is 0.0404. The lowest BCUT2D eigenvalue weighted by Crippen LogP contribution is -2.49. The quantitative estimate of drug-likeness (QED) is 0.536. The summed E-state index contributed by atoms with van der Waals surface area (Å²) in [6, 6.07) is 0.484. The SMILES string of the molecule is CN(C)CC1(CNC(=NCC(=O)N(C)C)NC2CCCCC2)CCCC1. The topological polar surface area (TPSA) is 60.0 Å². The molecular formula is C20H39N5O. The third-order valence-corrected chi connectivity index (χ3v) is 5.76. The molecule has 0 radical (unpaired) electrons.